The molecule has 1 aromatic rings. The Kier molecular flexibility index (Phi) is 1.75. The largest absolute Gasteiger partial charge is 0.0737 e. The normalized spacial score (nSPS) is 8.50. The SMILES string of the molecule is [Si]=Cc1ccccc1. The van der Waals surface area contributed by atoms with Gasteiger partial charge in [-0.2, -0.15) is 0 Å². The van der Waals surface area contributed by atoms with Crippen LogP contribution in [0.4, 0.5) is 0 Å². The van der Waals surface area contributed by atoms with Crippen LogP contribution in [0, 0.1) is 0 Å². The summed E-state index contributed by atoms with van der Waals surface area (Å²) in [6.07, 6.45) is 0. The molecule has 0 bridgehead atoms. The van der Waals surface area contributed by atoms with E-state index in [2.05, 4.69) is 9.85 Å². The first-order valence-corrected chi connectivity index (χ1v) is 3.07. The third-order valence-electron chi connectivity index (χ3n) is 0.966. The van der Waals surface area contributed by atoms with Crippen LogP contribution in [0.1, 0.15) is 5.56 Å². The first-order valence-electron chi connectivity index (χ1n) is 2.49. The summed E-state index contributed by atoms with van der Waals surface area (Å²) in [7, 11) is 3.28. The van der Waals surface area contributed by atoms with E-state index in [1.807, 2.05) is 36.0 Å². The van der Waals surface area contributed by atoms with Gasteiger partial charge in [-0.3, -0.25) is 0 Å². The van der Waals surface area contributed by atoms with Gasteiger partial charge in [-0.25, -0.2) is 0 Å². The maximum absolute atomic E-state index is 3.28. The summed E-state index contributed by atoms with van der Waals surface area (Å²) in [5, 5.41) is 0. The molecular weight excluding hydrogens is 112 g/mol. The lowest BCUT2D eigenvalue weighted by Gasteiger charge is -1.85. The molecule has 38 valence electrons. The summed E-state index contributed by atoms with van der Waals surface area (Å²) in [5.74, 6) is 0. The van der Waals surface area contributed by atoms with Crippen molar-refractivity contribution in [3.05, 3.63) is 35.9 Å². The molecule has 0 saturated heterocycles. The van der Waals surface area contributed by atoms with E-state index in [4.69, 9.17) is 0 Å². The van der Waals surface area contributed by atoms with Crippen LogP contribution >= 0.6 is 0 Å². The first kappa shape index (κ1) is 5.44. The molecule has 2 radical (unpaired) electrons. The van der Waals surface area contributed by atoms with Gasteiger partial charge in [0, 0.05) is 9.85 Å². The van der Waals surface area contributed by atoms with E-state index in [1.165, 1.54) is 5.56 Å². The molecule has 0 spiro atoms. The Morgan fingerprint density at radius 2 is 1.75 bits per heavy atom. The lowest BCUT2D eigenvalue weighted by molar-refractivity contribution is 1.69. The minimum atomic E-state index is 1.20. The second-order valence-electron chi connectivity index (χ2n) is 1.56. The minimum absolute atomic E-state index is 1.20. The van der Waals surface area contributed by atoms with E-state index >= 15 is 0 Å². The van der Waals surface area contributed by atoms with Gasteiger partial charge in [0.25, 0.3) is 0 Å². The first-order chi connectivity index (χ1) is 3.93. The van der Waals surface area contributed by atoms with Gasteiger partial charge >= 0.3 is 0 Å². The van der Waals surface area contributed by atoms with Crippen LogP contribution in [0.3, 0.4) is 0 Å². The molecule has 0 aliphatic rings. The maximum atomic E-state index is 3.28. The summed E-state index contributed by atoms with van der Waals surface area (Å²) in [6.45, 7) is 0. The standard InChI is InChI=1S/C7H6Si/c8-6-7-4-2-1-3-5-7/h1-6H. The van der Waals surface area contributed by atoms with Crippen LogP contribution in [-0.4, -0.2) is 15.5 Å². The third-order valence-corrected chi connectivity index (χ3v) is 1.30. The summed E-state index contributed by atoms with van der Waals surface area (Å²) in [6, 6.07) is 10.1. The van der Waals surface area contributed by atoms with Crippen molar-refractivity contribution in [1.29, 1.82) is 0 Å². The second kappa shape index (κ2) is 2.57. The highest BCUT2D eigenvalue weighted by atomic mass is 28.1. The average Bonchev–Trinajstić information content (AvgIpc) is 1.90. The number of rotatable bonds is 1. The molecule has 1 heteroatoms. The Labute approximate surface area is 52.2 Å². The summed E-state index contributed by atoms with van der Waals surface area (Å²) in [4.78, 5) is 0. The fraction of sp³-hybridized carbons (Fsp3) is 0. The van der Waals surface area contributed by atoms with E-state index in [0.29, 0.717) is 0 Å². The van der Waals surface area contributed by atoms with Crippen molar-refractivity contribution in [3.63, 3.8) is 0 Å². The van der Waals surface area contributed by atoms with Crippen LogP contribution in [0.15, 0.2) is 30.3 Å². The smallest absolute Gasteiger partial charge is 0.0303 e. The fourth-order valence-electron chi connectivity index (χ4n) is 0.549. The highest BCUT2D eigenvalue weighted by molar-refractivity contribution is 6.32. The van der Waals surface area contributed by atoms with Crippen molar-refractivity contribution >= 4 is 15.5 Å². The molecule has 1 rings (SSSR count). The number of hydrogen-bond donors (Lipinski definition) is 0. The molecule has 0 heterocycles. The van der Waals surface area contributed by atoms with Crippen LogP contribution in [-0.2, 0) is 0 Å². The molecule has 0 aliphatic heterocycles. The van der Waals surface area contributed by atoms with Crippen LogP contribution in [0.5, 0.6) is 0 Å². The average molecular weight is 118 g/mol. The molecule has 0 nitrogen and oxygen atoms in total. The zero-order valence-corrected chi connectivity index (χ0v) is 5.46. The number of hydrogen-bond acceptors (Lipinski definition) is 0. The molecular formula is C7H6Si. The Bertz CT molecular complexity index is 167. The highest BCUT2D eigenvalue weighted by Gasteiger charge is 1.75. The zero-order valence-electron chi connectivity index (χ0n) is 4.46. The lowest BCUT2D eigenvalue weighted by Crippen LogP contribution is -1.75. The van der Waals surface area contributed by atoms with E-state index in [-0.39, 0.29) is 0 Å². The van der Waals surface area contributed by atoms with Gasteiger partial charge in [-0.15, -0.1) is 0 Å². The van der Waals surface area contributed by atoms with E-state index in [9.17, 15) is 0 Å². The Hall–Kier alpha value is -0.693. The second-order valence-corrected chi connectivity index (χ2v) is 1.84. The van der Waals surface area contributed by atoms with Crippen molar-refractivity contribution in [3.8, 4) is 0 Å². The van der Waals surface area contributed by atoms with Crippen molar-refractivity contribution in [2.75, 3.05) is 0 Å². The quantitative estimate of drug-likeness (QED) is 0.483. The van der Waals surface area contributed by atoms with Gasteiger partial charge in [0.15, 0.2) is 0 Å². The minimum Gasteiger partial charge on any atom is -0.0737 e. The molecule has 0 aliphatic carbocycles. The van der Waals surface area contributed by atoms with Crippen molar-refractivity contribution in [2.24, 2.45) is 0 Å². The third kappa shape index (κ3) is 1.14. The molecule has 8 heavy (non-hydrogen) atoms. The fourth-order valence-corrected chi connectivity index (χ4v) is 0.742. The van der Waals surface area contributed by atoms with Crippen LogP contribution < -0.4 is 0 Å². The topological polar surface area (TPSA) is 0 Å². The van der Waals surface area contributed by atoms with Gasteiger partial charge in [-0.05, 0) is 5.56 Å². The van der Waals surface area contributed by atoms with Gasteiger partial charge in [0.2, 0.25) is 0 Å². The molecule has 0 saturated carbocycles. The molecule has 1 aromatic carbocycles. The molecule has 0 atom stereocenters. The summed E-state index contributed by atoms with van der Waals surface area (Å²) < 4.78 is 0. The van der Waals surface area contributed by atoms with Gasteiger partial charge < -0.3 is 0 Å². The van der Waals surface area contributed by atoms with Gasteiger partial charge in [0.05, 0.1) is 0 Å². The Morgan fingerprint density at radius 1 is 1.12 bits per heavy atom. The van der Waals surface area contributed by atoms with Crippen molar-refractivity contribution in [2.45, 2.75) is 0 Å². The summed E-state index contributed by atoms with van der Waals surface area (Å²) in [5.41, 5.74) is 3.09. The van der Waals surface area contributed by atoms with Crippen molar-refractivity contribution in [1.82, 2.24) is 0 Å². The Morgan fingerprint density at radius 3 is 2.12 bits per heavy atom. The van der Waals surface area contributed by atoms with Crippen LogP contribution in [0.25, 0.3) is 0 Å². The van der Waals surface area contributed by atoms with E-state index in [1.54, 1.807) is 0 Å². The van der Waals surface area contributed by atoms with E-state index < -0.39 is 0 Å². The Balaban J connectivity index is 2.99. The molecule has 0 fully saturated rings. The monoisotopic (exact) mass is 118 g/mol. The molecule has 0 aromatic heterocycles. The van der Waals surface area contributed by atoms with Gasteiger partial charge in [0.1, 0.15) is 0 Å². The summed E-state index contributed by atoms with van der Waals surface area (Å²) >= 11 is 0. The zero-order chi connectivity index (χ0) is 5.82. The van der Waals surface area contributed by atoms with Crippen molar-refractivity contribution < 1.29 is 0 Å². The van der Waals surface area contributed by atoms with Gasteiger partial charge in [-0.1, -0.05) is 36.0 Å². The molecule has 0 unspecified atom stereocenters. The number of benzene rings is 1. The molecule has 0 amide bonds. The van der Waals surface area contributed by atoms with Crippen LogP contribution in [0.2, 0.25) is 0 Å². The maximum Gasteiger partial charge on any atom is 0.0303 e. The predicted molar refractivity (Wildman–Crippen MR) is 37.4 cm³/mol. The lowest BCUT2D eigenvalue weighted by atomic mass is 10.2. The van der Waals surface area contributed by atoms with E-state index in [0.717, 1.165) is 0 Å². The highest BCUT2D eigenvalue weighted by Crippen LogP contribution is 1.91. The molecule has 0 N–H and O–H groups in total. The predicted octanol–water partition coefficient (Wildman–Crippen LogP) is 1.01.